The Kier molecular flexibility index (Phi) is 1.75. The van der Waals surface area contributed by atoms with Crippen LogP contribution in [0.5, 0.6) is 0 Å². The number of aryl methyl sites for hydroxylation is 1. The van der Waals surface area contributed by atoms with Crippen LogP contribution in [0.15, 0.2) is 11.0 Å². The van der Waals surface area contributed by atoms with Gasteiger partial charge in [-0.2, -0.15) is 0 Å². The molecule has 1 N–H and O–H groups in total. The molecule has 0 unspecified atom stereocenters. The van der Waals surface area contributed by atoms with E-state index in [2.05, 4.69) is 21.8 Å². The Labute approximate surface area is 70.0 Å². The van der Waals surface area contributed by atoms with E-state index in [0.29, 0.717) is 0 Å². The molecule has 11 heavy (non-hydrogen) atoms. The Bertz CT molecular complexity index is 282. The molecule has 0 spiro atoms. The highest BCUT2D eigenvalue weighted by atomic mass is 32.1. The predicted molar refractivity (Wildman–Crippen MR) is 47.7 cm³/mol. The minimum atomic E-state index is 1.04. The lowest BCUT2D eigenvalue weighted by Crippen LogP contribution is -2.33. The van der Waals surface area contributed by atoms with Crippen LogP contribution in [0.1, 0.15) is 10.7 Å². The van der Waals surface area contributed by atoms with Crippen LogP contribution < -0.4 is 5.32 Å². The van der Waals surface area contributed by atoms with Crippen molar-refractivity contribution in [3.8, 4) is 0 Å². The highest BCUT2D eigenvalue weighted by molar-refractivity contribution is 7.10. The summed E-state index contributed by atoms with van der Waals surface area (Å²) in [6.07, 6.45) is 2.17. The van der Waals surface area contributed by atoms with Gasteiger partial charge < -0.3 is 5.32 Å². The quantitative estimate of drug-likeness (QED) is 0.683. The second kappa shape index (κ2) is 2.75. The third kappa shape index (κ3) is 1.49. The van der Waals surface area contributed by atoms with Gasteiger partial charge in [-0.3, -0.25) is 0 Å². The summed E-state index contributed by atoms with van der Waals surface area (Å²) in [6.45, 7) is 4.11. The first-order chi connectivity index (χ1) is 5.34. The number of hydrogen-bond donors (Lipinski definition) is 1. The van der Waals surface area contributed by atoms with E-state index in [1.807, 2.05) is 6.92 Å². The lowest BCUT2D eigenvalue weighted by atomic mass is 10.1. The number of aromatic nitrogens is 1. The summed E-state index contributed by atoms with van der Waals surface area (Å²) >= 11 is 1.71. The maximum atomic E-state index is 4.35. The fourth-order valence-corrected chi connectivity index (χ4v) is 1.76. The van der Waals surface area contributed by atoms with E-state index in [1.165, 1.54) is 5.57 Å². The molecule has 1 fully saturated rings. The molecule has 1 saturated heterocycles. The molecule has 1 aromatic rings. The Morgan fingerprint density at radius 3 is 2.91 bits per heavy atom. The van der Waals surface area contributed by atoms with Crippen molar-refractivity contribution in [3.05, 3.63) is 21.7 Å². The van der Waals surface area contributed by atoms with E-state index < -0.39 is 0 Å². The molecular weight excluding hydrogens is 156 g/mol. The van der Waals surface area contributed by atoms with Gasteiger partial charge in [0.2, 0.25) is 0 Å². The van der Waals surface area contributed by atoms with E-state index in [9.17, 15) is 0 Å². The summed E-state index contributed by atoms with van der Waals surface area (Å²) < 4.78 is 0. The van der Waals surface area contributed by atoms with Crippen LogP contribution in [0, 0.1) is 6.92 Å². The van der Waals surface area contributed by atoms with Crippen LogP contribution in [0.4, 0.5) is 0 Å². The fraction of sp³-hybridized carbons (Fsp3) is 0.375. The molecular formula is C8H10N2S. The summed E-state index contributed by atoms with van der Waals surface area (Å²) in [5.41, 5.74) is 2.58. The lowest BCUT2D eigenvalue weighted by molar-refractivity contribution is 0.674. The normalized spacial score (nSPS) is 16.3. The SMILES string of the molecule is Cc1csc(C=C2CNC2)n1. The highest BCUT2D eigenvalue weighted by Gasteiger charge is 2.07. The minimum absolute atomic E-state index is 1.04. The first-order valence-corrected chi connectivity index (χ1v) is 4.55. The second-order valence-electron chi connectivity index (χ2n) is 2.73. The Hall–Kier alpha value is -0.670. The van der Waals surface area contributed by atoms with Crippen molar-refractivity contribution in [1.82, 2.24) is 10.3 Å². The topological polar surface area (TPSA) is 24.9 Å². The molecule has 0 aromatic carbocycles. The zero-order valence-corrected chi connectivity index (χ0v) is 7.24. The third-order valence-electron chi connectivity index (χ3n) is 1.67. The van der Waals surface area contributed by atoms with Crippen molar-refractivity contribution in [2.45, 2.75) is 6.92 Å². The van der Waals surface area contributed by atoms with Gasteiger partial charge in [0.15, 0.2) is 0 Å². The van der Waals surface area contributed by atoms with Crippen LogP contribution in [0.25, 0.3) is 6.08 Å². The van der Waals surface area contributed by atoms with Gasteiger partial charge in [-0.05, 0) is 18.6 Å². The molecule has 0 radical (unpaired) electrons. The van der Waals surface area contributed by atoms with E-state index in [4.69, 9.17) is 0 Å². The zero-order valence-electron chi connectivity index (χ0n) is 6.42. The van der Waals surface area contributed by atoms with Gasteiger partial charge in [-0.1, -0.05) is 0 Å². The monoisotopic (exact) mass is 166 g/mol. The molecule has 2 heterocycles. The molecule has 58 valence electrons. The fourth-order valence-electron chi connectivity index (χ4n) is 0.984. The molecule has 2 rings (SSSR count). The summed E-state index contributed by atoms with van der Waals surface area (Å²) in [5, 5.41) is 6.42. The van der Waals surface area contributed by atoms with Crippen LogP contribution in [0.3, 0.4) is 0 Å². The molecule has 0 amide bonds. The first-order valence-electron chi connectivity index (χ1n) is 3.67. The lowest BCUT2D eigenvalue weighted by Gasteiger charge is -2.17. The van der Waals surface area contributed by atoms with E-state index >= 15 is 0 Å². The van der Waals surface area contributed by atoms with E-state index in [-0.39, 0.29) is 0 Å². The van der Waals surface area contributed by atoms with Crippen molar-refractivity contribution in [2.24, 2.45) is 0 Å². The van der Waals surface area contributed by atoms with Crippen LogP contribution in [0.2, 0.25) is 0 Å². The van der Waals surface area contributed by atoms with Crippen molar-refractivity contribution < 1.29 is 0 Å². The molecule has 2 nitrogen and oxygen atoms in total. The first kappa shape index (κ1) is 7.00. The van der Waals surface area contributed by atoms with Crippen LogP contribution >= 0.6 is 11.3 Å². The highest BCUT2D eigenvalue weighted by Crippen LogP contribution is 2.14. The largest absolute Gasteiger partial charge is 0.309 e. The Balaban J connectivity index is 2.17. The Morgan fingerprint density at radius 1 is 1.64 bits per heavy atom. The Morgan fingerprint density at radius 2 is 2.45 bits per heavy atom. The maximum absolute atomic E-state index is 4.35. The van der Waals surface area contributed by atoms with Crippen LogP contribution in [-0.2, 0) is 0 Å². The minimum Gasteiger partial charge on any atom is -0.309 e. The molecule has 1 aliphatic rings. The number of rotatable bonds is 1. The number of thiazole rings is 1. The molecule has 0 bridgehead atoms. The van der Waals surface area contributed by atoms with Gasteiger partial charge in [-0.15, -0.1) is 11.3 Å². The van der Waals surface area contributed by atoms with Gasteiger partial charge in [0.05, 0.1) is 0 Å². The molecule has 1 aliphatic heterocycles. The van der Waals surface area contributed by atoms with Gasteiger partial charge >= 0.3 is 0 Å². The smallest absolute Gasteiger partial charge is 0.116 e. The standard InChI is InChI=1S/C8H10N2S/c1-6-5-11-8(10-6)2-7-3-9-4-7/h2,5,9H,3-4H2,1H3. The average molecular weight is 166 g/mol. The van der Waals surface area contributed by atoms with Gasteiger partial charge in [0.25, 0.3) is 0 Å². The summed E-state index contributed by atoms with van der Waals surface area (Å²) in [4.78, 5) is 4.35. The molecule has 0 atom stereocenters. The van der Waals surface area contributed by atoms with Crippen molar-refractivity contribution >= 4 is 17.4 Å². The van der Waals surface area contributed by atoms with Gasteiger partial charge in [0, 0.05) is 24.2 Å². The van der Waals surface area contributed by atoms with Crippen molar-refractivity contribution in [3.63, 3.8) is 0 Å². The number of nitrogens with zero attached hydrogens (tertiary/aromatic N) is 1. The third-order valence-corrected chi connectivity index (χ3v) is 2.58. The molecule has 1 aromatic heterocycles. The predicted octanol–water partition coefficient (Wildman–Crippen LogP) is 1.44. The van der Waals surface area contributed by atoms with E-state index in [1.54, 1.807) is 11.3 Å². The van der Waals surface area contributed by atoms with Crippen molar-refractivity contribution in [2.75, 3.05) is 13.1 Å². The van der Waals surface area contributed by atoms with Crippen LogP contribution in [-0.4, -0.2) is 18.1 Å². The summed E-state index contributed by atoms with van der Waals surface area (Å²) in [7, 11) is 0. The van der Waals surface area contributed by atoms with Crippen molar-refractivity contribution in [1.29, 1.82) is 0 Å². The summed E-state index contributed by atoms with van der Waals surface area (Å²) in [5.74, 6) is 0. The second-order valence-corrected chi connectivity index (χ2v) is 3.62. The average Bonchev–Trinajstić information content (AvgIpc) is 2.27. The van der Waals surface area contributed by atoms with Gasteiger partial charge in [-0.25, -0.2) is 4.98 Å². The maximum Gasteiger partial charge on any atom is 0.116 e. The molecule has 0 aliphatic carbocycles. The van der Waals surface area contributed by atoms with Gasteiger partial charge in [0.1, 0.15) is 5.01 Å². The summed E-state index contributed by atoms with van der Waals surface area (Å²) in [6, 6.07) is 0. The molecule has 3 heteroatoms. The molecule has 0 saturated carbocycles. The number of nitrogens with one attached hydrogen (secondary N) is 1. The van der Waals surface area contributed by atoms with E-state index in [0.717, 1.165) is 23.8 Å². The number of hydrogen-bond acceptors (Lipinski definition) is 3. The zero-order chi connectivity index (χ0) is 7.68.